The van der Waals surface area contributed by atoms with E-state index in [0.717, 1.165) is 17.0 Å². The van der Waals surface area contributed by atoms with Gasteiger partial charge in [0.05, 0.1) is 5.69 Å². The molecule has 1 aromatic carbocycles. The summed E-state index contributed by atoms with van der Waals surface area (Å²) in [4.78, 5) is 13.1. The Morgan fingerprint density at radius 2 is 2.38 bits per heavy atom. The van der Waals surface area contributed by atoms with Crippen LogP contribution in [0.25, 0.3) is 0 Å². The van der Waals surface area contributed by atoms with Crippen LogP contribution < -0.4 is 20.7 Å². The van der Waals surface area contributed by atoms with E-state index in [1.165, 1.54) is 0 Å². The van der Waals surface area contributed by atoms with Crippen molar-refractivity contribution in [1.82, 2.24) is 5.32 Å². The van der Waals surface area contributed by atoms with Gasteiger partial charge in [0.25, 0.3) is 5.91 Å². The molecule has 0 saturated heterocycles. The molecule has 5 heteroatoms. The zero-order chi connectivity index (χ0) is 11.5. The van der Waals surface area contributed by atoms with Crippen LogP contribution in [-0.2, 0) is 11.3 Å². The molecule has 0 aromatic heterocycles. The molecule has 1 aromatic rings. The summed E-state index contributed by atoms with van der Waals surface area (Å²) >= 11 is 0. The molecule has 0 fully saturated rings. The molecule has 86 valence electrons. The summed E-state index contributed by atoms with van der Waals surface area (Å²) in [6.07, 6.45) is 0. The van der Waals surface area contributed by atoms with Crippen LogP contribution in [0.4, 0.5) is 5.69 Å². The first-order valence-electron chi connectivity index (χ1n) is 5.15. The van der Waals surface area contributed by atoms with Gasteiger partial charge in [-0.05, 0) is 17.7 Å². The second kappa shape index (κ2) is 4.51. The number of amides is 1. The number of benzene rings is 1. The molecule has 16 heavy (non-hydrogen) atoms. The Morgan fingerprint density at radius 1 is 1.56 bits per heavy atom. The molecular weight excluding hydrogens is 206 g/mol. The Balaban J connectivity index is 2.25. The number of hydrogen-bond acceptors (Lipinski definition) is 4. The molecule has 2 rings (SSSR count). The third-order valence-electron chi connectivity index (χ3n) is 2.58. The maximum atomic E-state index is 11.4. The highest BCUT2D eigenvalue weighted by molar-refractivity contribution is 5.97. The number of ether oxygens (including phenoxy) is 1. The first-order valence-corrected chi connectivity index (χ1v) is 5.15. The lowest BCUT2D eigenvalue weighted by molar-refractivity contribution is -0.120. The third kappa shape index (κ3) is 2.00. The number of fused-ring (bicyclic) bond motifs is 1. The first-order chi connectivity index (χ1) is 7.72. The first kappa shape index (κ1) is 10.9. The van der Waals surface area contributed by atoms with E-state index in [2.05, 4.69) is 5.32 Å². The molecule has 5 nitrogen and oxygen atoms in total. The van der Waals surface area contributed by atoms with Crippen molar-refractivity contribution in [1.29, 1.82) is 0 Å². The number of rotatable bonds is 3. The van der Waals surface area contributed by atoms with Gasteiger partial charge in [0, 0.05) is 20.3 Å². The van der Waals surface area contributed by atoms with Crippen LogP contribution in [-0.4, -0.2) is 26.2 Å². The predicted molar refractivity (Wildman–Crippen MR) is 61.2 cm³/mol. The highest BCUT2D eigenvalue weighted by Gasteiger charge is 2.21. The Bertz CT molecular complexity index is 406. The van der Waals surface area contributed by atoms with Crippen molar-refractivity contribution in [3.8, 4) is 5.75 Å². The largest absolute Gasteiger partial charge is 0.482 e. The molecule has 0 aliphatic carbocycles. The van der Waals surface area contributed by atoms with E-state index in [0.29, 0.717) is 13.2 Å². The second-order valence-electron chi connectivity index (χ2n) is 3.67. The minimum Gasteiger partial charge on any atom is -0.482 e. The molecule has 1 heterocycles. The maximum absolute atomic E-state index is 11.4. The summed E-state index contributed by atoms with van der Waals surface area (Å²) < 4.78 is 5.33. The van der Waals surface area contributed by atoms with Crippen molar-refractivity contribution in [2.45, 2.75) is 6.54 Å². The van der Waals surface area contributed by atoms with Gasteiger partial charge >= 0.3 is 0 Å². The fraction of sp³-hybridized carbons (Fsp3) is 0.364. The number of nitrogens with two attached hydrogens (primary N) is 1. The average Bonchev–Trinajstić information content (AvgIpc) is 2.31. The highest BCUT2D eigenvalue weighted by atomic mass is 16.5. The van der Waals surface area contributed by atoms with Crippen LogP contribution in [0.5, 0.6) is 5.75 Å². The number of carbonyl (C=O) groups is 1. The molecule has 3 N–H and O–H groups in total. The summed E-state index contributed by atoms with van der Waals surface area (Å²) in [7, 11) is 1.75. The van der Waals surface area contributed by atoms with E-state index in [9.17, 15) is 4.79 Å². The van der Waals surface area contributed by atoms with Crippen LogP contribution in [0.15, 0.2) is 18.2 Å². The van der Waals surface area contributed by atoms with Crippen LogP contribution in [0, 0.1) is 0 Å². The van der Waals surface area contributed by atoms with Gasteiger partial charge in [-0.25, -0.2) is 0 Å². The number of carbonyl (C=O) groups excluding carboxylic acids is 1. The average molecular weight is 221 g/mol. The fourth-order valence-corrected chi connectivity index (χ4v) is 1.64. The van der Waals surface area contributed by atoms with E-state index < -0.39 is 0 Å². The van der Waals surface area contributed by atoms with Gasteiger partial charge in [-0.15, -0.1) is 0 Å². The monoisotopic (exact) mass is 221 g/mol. The van der Waals surface area contributed by atoms with Crippen LogP contribution in [0.2, 0.25) is 0 Å². The van der Waals surface area contributed by atoms with Crippen molar-refractivity contribution in [3.63, 3.8) is 0 Å². The van der Waals surface area contributed by atoms with Crippen LogP contribution in [0.1, 0.15) is 5.56 Å². The van der Waals surface area contributed by atoms with E-state index >= 15 is 0 Å². The second-order valence-corrected chi connectivity index (χ2v) is 3.67. The van der Waals surface area contributed by atoms with Crippen LogP contribution >= 0.6 is 0 Å². The van der Waals surface area contributed by atoms with E-state index in [-0.39, 0.29) is 12.5 Å². The van der Waals surface area contributed by atoms with Crippen molar-refractivity contribution < 1.29 is 9.53 Å². The fourth-order valence-electron chi connectivity index (χ4n) is 1.64. The van der Waals surface area contributed by atoms with Crippen molar-refractivity contribution >= 4 is 11.6 Å². The number of nitrogens with one attached hydrogen (secondary N) is 1. The number of anilines is 1. The SMILES string of the molecule is CN1C(=O)COc2ccc(CNCN)cc21. The Hall–Kier alpha value is -1.59. The Kier molecular flexibility index (Phi) is 3.07. The van der Waals surface area contributed by atoms with Gasteiger partial charge < -0.3 is 20.7 Å². The van der Waals surface area contributed by atoms with Gasteiger partial charge in [0.15, 0.2) is 6.61 Å². The van der Waals surface area contributed by atoms with Crippen LogP contribution in [0.3, 0.4) is 0 Å². The molecule has 1 aliphatic rings. The summed E-state index contributed by atoms with van der Waals surface area (Å²) in [5.74, 6) is 0.718. The summed E-state index contributed by atoms with van der Waals surface area (Å²) in [6.45, 7) is 1.23. The smallest absolute Gasteiger partial charge is 0.264 e. The third-order valence-corrected chi connectivity index (χ3v) is 2.58. The zero-order valence-corrected chi connectivity index (χ0v) is 9.19. The number of nitrogens with zero attached hydrogens (tertiary/aromatic N) is 1. The minimum absolute atomic E-state index is 0.0311. The summed E-state index contributed by atoms with van der Waals surface area (Å²) in [5, 5.41) is 3.03. The van der Waals surface area contributed by atoms with Gasteiger partial charge in [0.1, 0.15) is 5.75 Å². The summed E-state index contributed by atoms with van der Waals surface area (Å²) in [5.41, 5.74) is 7.25. The maximum Gasteiger partial charge on any atom is 0.264 e. The zero-order valence-electron chi connectivity index (χ0n) is 9.19. The topological polar surface area (TPSA) is 67.6 Å². The standard InChI is InChI=1S/C11H15N3O2/c1-14-9-4-8(5-13-7-12)2-3-10(9)16-6-11(14)15/h2-4,13H,5-7,12H2,1H3. The minimum atomic E-state index is -0.0311. The van der Waals surface area contributed by atoms with E-state index in [1.807, 2.05) is 18.2 Å². The van der Waals surface area contributed by atoms with Gasteiger partial charge in [-0.2, -0.15) is 0 Å². The Labute approximate surface area is 94.2 Å². The normalized spacial score (nSPS) is 14.6. The van der Waals surface area contributed by atoms with Crippen molar-refractivity contribution in [2.75, 3.05) is 25.2 Å². The highest BCUT2D eigenvalue weighted by Crippen LogP contribution is 2.31. The molecule has 0 saturated carbocycles. The quantitative estimate of drug-likeness (QED) is 0.708. The molecule has 0 spiro atoms. The number of likely N-dealkylation sites (N-methyl/N-ethyl adjacent to an activating group) is 1. The van der Waals surface area contributed by atoms with Gasteiger partial charge in [-0.1, -0.05) is 6.07 Å². The number of hydrogen-bond donors (Lipinski definition) is 2. The molecule has 1 amide bonds. The molecule has 1 aliphatic heterocycles. The summed E-state index contributed by atoms with van der Waals surface area (Å²) in [6, 6.07) is 5.78. The molecule has 0 radical (unpaired) electrons. The van der Waals surface area contributed by atoms with E-state index in [4.69, 9.17) is 10.5 Å². The predicted octanol–water partition coefficient (Wildman–Crippen LogP) is 0.0476. The van der Waals surface area contributed by atoms with Crippen molar-refractivity contribution in [2.24, 2.45) is 5.73 Å². The molecule has 0 unspecified atom stereocenters. The lowest BCUT2D eigenvalue weighted by Gasteiger charge is -2.26. The molecule has 0 bridgehead atoms. The van der Waals surface area contributed by atoms with Gasteiger partial charge in [0.2, 0.25) is 0 Å². The molecular formula is C11H15N3O2. The lowest BCUT2D eigenvalue weighted by Crippen LogP contribution is -2.35. The lowest BCUT2D eigenvalue weighted by atomic mass is 10.1. The Morgan fingerprint density at radius 3 is 3.12 bits per heavy atom. The van der Waals surface area contributed by atoms with E-state index in [1.54, 1.807) is 11.9 Å². The van der Waals surface area contributed by atoms with Crippen molar-refractivity contribution in [3.05, 3.63) is 23.8 Å². The van der Waals surface area contributed by atoms with Gasteiger partial charge in [-0.3, -0.25) is 4.79 Å². The molecule has 0 atom stereocenters.